The molecular weight excluding hydrogens is 391 g/mol. The van der Waals surface area contributed by atoms with Crippen LogP contribution in [0, 0.1) is 13.8 Å². The molecule has 2 aromatic carbocycles. The minimum Gasteiger partial charge on any atom is -0.328 e. The predicted molar refractivity (Wildman–Crippen MR) is 128 cm³/mol. The van der Waals surface area contributed by atoms with E-state index in [1.807, 2.05) is 0 Å². The molecule has 0 atom stereocenters. The van der Waals surface area contributed by atoms with Crippen LogP contribution >= 0.6 is 8.60 Å². The van der Waals surface area contributed by atoms with Crippen LogP contribution in [0.15, 0.2) is 36.4 Å². The zero-order valence-electron chi connectivity index (χ0n) is 20.1. The first-order chi connectivity index (χ1) is 13.7. The fourth-order valence-electron chi connectivity index (χ4n) is 4.34. The molecule has 2 rings (SSSR count). The summed E-state index contributed by atoms with van der Waals surface area (Å²) in [4.78, 5) is 20.3. The van der Waals surface area contributed by atoms with Crippen LogP contribution in [0.25, 0.3) is 0 Å². The maximum absolute atomic E-state index is 10.2. The van der Waals surface area contributed by atoms with Crippen LogP contribution in [0.2, 0.25) is 0 Å². The number of hydrogen-bond acceptors (Lipinski definition) is 3. The highest BCUT2D eigenvalue weighted by atomic mass is 31.2. The smallest absolute Gasteiger partial charge is 0.328 e. The van der Waals surface area contributed by atoms with Gasteiger partial charge in [-0.05, 0) is 53.4 Å². The second-order valence-corrected chi connectivity index (χ2v) is 11.2. The van der Waals surface area contributed by atoms with Crippen molar-refractivity contribution in [3.63, 3.8) is 0 Å². The lowest BCUT2D eigenvalue weighted by atomic mass is 9.70. The van der Waals surface area contributed by atoms with E-state index in [2.05, 4.69) is 98.7 Å². The van der Waals surface area contributed by atoms with Gasteiger partial charge in [-0.2, -0.15) is 0 Å². The summed E-state index contributed by atoms with van der Waals surface area (Å²) in [5.41, 5.74) is 5.48. The summed E-state index contributed by atoms with van der Waals surface area (Å²) >= 11 is 0. The van der Waals surface area contributed by atoms with Crippen molar-refractivity contribution in [2.75, 3.05) is 0 Å². The molecule has 0 amide bonds. The van der Waals surface area contributed by atoms with Gasteiger partial charge in [-0.15, -0.1) is 0 Å². The van der Waals surface area contributed by atoms with Crippen LogP contribution in [-0.4, -0.2) is 9.79 Å². The zero-order valence-corrected chi connectivity index (χ0v) is 21.0. The minimum absolute atomic E-state index is 0.120. The molecule has 166 valence electrons. The Morgan fingerprint density at radius 3 is 1.43 bits per heavy atom. The monoisotopic (exact) mass is 430 g/mol. The lowest BCUT2D eigenvalue weighted by Gasteiger charge is -2.41. The van der Waals surface area contributed by atoms with Crippen LogP contribution in [0.3, 0.4) is 0 Å². The molecule has 0 unspecified atom stereocenters. The third-order valence-corrected chi connectivity index (χ3v) is 6.15. The fourth-order valence-corrected chi connectivity index (χ4v) is 4.91. The molecule has 0 aliphatic rings. The summed E-state index contributed by atoms with van der Waals surface area (Å²) in [5, 5.41) is 0. The van der Waals surface area contributed by atoms with Crippen LogP contribution in [0.1, 0.15) is 94.7 Å². The van der Waals surface area contributed by atoms with Gasteiger partial charge >= 0.3 is 8.60 Å². The molecule has 0 bridgehead atoms. The molecule has 0 aliphatic heterocycles. The van der Waals surface area contributed by atoms with E-state index in [0.717, 1.165) is 28.7 Å². The fraction of sp³-hybridized carbons (Fsp3) is 0.538. The number of benzene rings is 2. The zero-order chi connectivity index (χ0) is 22.9. The Morgan fingerprint density at radius 1 is 0.733 bits per heavy atom. The molecule has 0 radical (unpaired) electrons. The van der Waals surface area contributed by atoms with E-state index >= 15 is 0 Å². The van der Waals surface area contributed by atoms with Crippen LogP contribution in [-0.2, 0) is 21.0 Å². The normalized spacial score (nSPS) is 13.2. The van der Waals surface area contributed by atoms with Gasteiger partial charge in [0, 0.05) is 0 Å². The maximum atomic E-state index is 10.2. The van der Waals surface area contributed by atoms with Crippen molar-refractivity contribution in [2.24, 2.45) is 0 Å². The molecule has 0 aromatic heterocycles. The molecule has 30 heavy (non-hydrogen) atoms. The standard InChI is InChI=1S/C26H39O3P/c1-10-15-26(29-30(27)28,22-16-18(2)11-13-20(22)24(4,5)6)23-17-19(3)12-14-21(23)25(7,8)9/h11-14,16-17,27-28H,10,15H2,1-9H3. The molecule has 0 fully saturated rings. The number of rotatable bonds is 6. The first-order valence-corrected chi connectivity index (χ1v) is 12.0. The Morgan fingerprint density at radius 2 is 1.13 bits per heavy atom. The third-order valence-electron chi connectivity index (χ3n) is 5.68. The number of aryl methyl sites for hydroxylation is 2. The van der Waals surface area contributed by atoms with Crippen molar-refractivity contribution in [1.82, 2.24) is 0 Å². The SMILES string of the molecule is CCCC(OP(O)O)(c1cc(C)ccc1C(C)(C)C)c1cc(C)ccc1C(C)(C)C. The summed E-state index contributed by atoms with van der Waals surface area (Å²) in [6.45, 7) is 19.4. The summed E-state index contributed by atoms with van der Waals surface area (Å²) < 4.78 is 6.21. The second kappa shape index (κ2) is 9.09. The quantitative estimate of drug-likeness (QED) is 0.478. The van der Waals surface area contributed by atoms with E-state index in [1.165, 1.54) is 11.1 Å². The van der Waals surface area contributed by atoms with Crippen molar-refractivity contribution in [3.8, 4) is 0 Å². The van der Waals surface area contributed by atoms with Crippen molar-refractivity contribution in [3.05, 3.63) is 69.8 Å². The van der Waals surface area contributed by atoms with E-state index in [1.54, 1.807) is 0 Å². The average molecular weight is 431 g/mol. The molecule has 2 aromatic rings. The Balaban J connectivity index is 3.04. The molecule has 3 nitrogen and oxygen atoms in total. The van der Waals surface area contributed by atoms with Gasteiger partial charge in [-0.25, -0.2) is 0 Å². The summed E-state index contributed by atoms with van der Waals surface area (Å²) in [7, 11) is -2.56. The van der Waals surface area contributed by atoms with Crippen LogP contribution in [0.4, 0.5) is 0 Å². The Kier molecular flexibility index (Phi) is 7.58. The summed E-state index contributed by atoms with van der Waals surface area (Å²) in [5.74, 6) is 0. The van der Waals surface area contributed by atoms with Gasteiger partial charge in [0.15, 0.2) is 0 Å². The Labute approximate surface area is 184 Å². The highest BCUT2D eigenvalue weighted by Crippen LogP contribution is 2.51. The van der Waals surface area contributed by atoms with Gasteiger partial charge in [-0.3, -0.25) is 4.52 Å². The van der Waals surface area contributed by atoms with Crippen molar-refractivity contribution in [2.45, 2.75) is 91.6 Å². The second-order valence-electron chi connectivity index (χ2n) is 10.5. The van der Waals surface area contributed by atoms with E-state index in [-0.39, 0.29) is 10.8 Å². The third kappa shape index (κ3) is 5.32. The average Bonchev–Trinajstić information content (AvgIpc) is 2.58. The Hall–Kier alpha value is -1.25. The predicted octanol–water partition coefficient (Wildman–Crippen LogP) is 7.17. The topological polar surface area (TPSA) is 49.7 Å². The van der Waals surface area contributed by atoms with Gasteiger partial charge in [0.2, 0.25) is 0 Å². The van der Waals surface area contributed by atoms with Crippen LogP contribution < -0.4 is 0 Å². The van der Waals surface area contributed by atoms with Gasteiger partial charge in [-0.1, -0.05) is 102 Å². The highest BCUT2D eigenvalue weighted by Gasteiger charge is 2.43. The van der Waals surface area contributed by atoms with Crippen molar-refractivity contribution in [1.29, 1.82) is 0 Å². The largest absolute Gasteiger partial charge is 0.328 e. The minimum atomic E-state index is -2.56. The first kappa shape index (κ1) is 25.0. The van der Waals surface area contributed by atoms with Gasteiger partial charge in [0.1, 0.15) is 5.60 Å². The van der Waals surface area contributed by atoms with Gasteiger partial charge in [0.05, 0.1) is 0 Å². The highest BCUT2D eigenvalue weighted by molar-refractivity contribution is 7.39. The molecule has 0 saturated carbocycles. The van der Waals surface area contributed by atoms with E-state index in [0.29, 0.717) is 6.42 Å². The van der Waals surface area contributed by atoms with E-state index < -0.39 is 14.2 Å². The van der Waals surface area contributed by atoms with E-state index in [9.17, 15) is 9.79 Å². The Bertz CT molecular complexity index is 809. The lowest BCUT2D eigenvalue weighted by molar-refractivity contribution is 0.0776. The molecule has 0 spiro atoms. The summed E-state index contributed by atoms with van der Waals surface area (Å²) in [6, 6.07) is 12.9. The van der Waals surface area contributed by atoms with Crippen LogP contribution in [0.5, 0.6) is 0 Å². The molecule has 4 heteroatoms. The molecule has 2 N–H and O–H groups in total. The maximum Gasteiger partial charge on any atom is 0.328 e. The molecular formula is C26H39O3P. The molecule has 0 heterocycles. The lowest BCUT2D eigenvalue weighted by Crippen LogP contribution is -2.36. The molecule has 0 saturated heterocycles. The van der Waals surface area contributed by atoms with Gasteiger partial charge < -0.3 is 9.79 Å². The van der Waals surface area contributed by atoms with E-state index in [4.69, 9.17) is 4.52 Å². The molecule has 0 aliphatic carbocycles. The first-order valence-electron chi connectivity index (χ1n) is 10.8. The van der Waals surface area contributed by atoms with Crippen molar-refractivity contribution < 1.29 is 14.3 Å². The number of hydrogen-bond donors (Lipinski definition) is 2. The van der Waals surface area contributed by atoms with Gasteiger partial charge in [0.25, 0.3) is 0 Å². The summed E-state index contributed by atoms with van der Waals surface area (Å²) in [6.07, 6.45) is 1.50. The van der Waals surface area contributed by atoms with Crippen molar-refractivity contribution >= 4 is 8.60 Å².